The van der Waals surface area contributed by atoms with E-state index < -0.39 is 0 Å². The van der Waals surface area contributed by atoms with Crippen molar-refractivity contribution in [3.63, 3.8) is 0 Å². The quantitative estimate of drug-likeness (QED) is 0.792. The van der Waals surface area contributed by atoms with Crippen LogP contribution in [0.5, 0.6) is 0 Å². The molecule has 0 radical (unpaired) electrons. The van der Waals surface area contributed by atoms with E-state index in [1.165, 1.54) is 32.1 Å². The molecule has 3 rings (SSSR count). The summed E-state index contributed by atoms with van der Waals surface area (Å²) in [6, 6.07) is 10.0. The van der Waals surface area contributed by atoms with Crippen LogP contribution in [0.2, 0.25) is 0 Å². The van der Waals surface area contributed by atoms with Crippen LogP contribution in [0.15, 0.2) is 30.3 Å². The first-order valence-corrected chi connectivity index (χ1v) is 7.83. The highest BCUT2D eigenvalue weighted by atomic mass is 16.5. The Morgan fingerprint density at radius 1 is 1.05 bits per heavy atom. The minimum absolute atomic E-state index is 0.0737. The number of rotatable bonds is 3. The molecule has 2 fully saturated rings. The third-order valence-electron chi connectivity index (χ3n) is 4.55. The molecular formula is C17H23NO2. The molecule has 0 N–H and O–H groups in total. The molecule has 0 aromatic heterocycles. The van der Waals surface area contributed by atoms with Gasteiger partial charge in [0.2, 0.25) is 0 Å². The topological polar surface area (TPSA) is 29.5 Å². The van der Waals surface area contributed by atoms with Crippen molar-refractivity contribution < 1.29 is 9.53 Å². The van der Waals surface area contributed by atoms with Gasteiger partial charge in [0.15, 0.2) is 0 Å². The lowest BCUT2D eigenvalue weighted by molar-refractivity contribution is 0.0305. The molecular weight excluding hydrogens is 250 g/mol. The van der Waals surface area contributed by atoms with Crippen molar-refractivity contribution in [1.29, 1.82) is 0 Å². The van der Waals surface area contributed by atoms with Crippen LogP contribution in [0, 0.1) is 0 Å². The minimum atomic E-state index is -0.180. The summed E-state index contributed by atoms with van der Waals surface area (Å²) in [7, 11) is 0. The third kappa shape index (κ3) is 3.21. The van der Waals surface area contributed by atoms with E-state index in [2.05, 4.69) is 4.90 Å². The number of esters is 1. The van der Waals surface area contributed by atoms with Gasteiger partial charge in [0, 0.05) is 19.1 Å². The molecule has 0 amide bonds. The Bertz CT molecular complexity index is 440. The Hall–Kier alpha value is -1.35. The lowest BCUT2D eigenvalue weighted by atomic mass is 9.94. The smallest absolute Gasteiger partial charge is 0.338 e. The Kier molecular flexibility index (Phi) is 4.36. The van der Waals surface area contributed by atoms with Gasteiger partial charge in [-0.05, 0) is 31.4 Å². The van der Waals surface area contributed by atoms with Crippen molar-refractivity contribution in [3.8, 4) is 0 Å². The van der Waals surface area contributed by atoms with Crippen molar-refractivity contribution in [3.05, 3.63) is 35.9 Å². The lowest BCUT2D eigenvalue weighted by Gasteiger charge is -2.30. The summed E-state index contributed by atoms with van der Waals surface area (Å²) in [4.78, 5) is 14.6. The third-order valence-corrected chi connectivity index (χ3v) is 4.55. The van der Waals surface area contributed by atoms with Gasteiger partial charge >= 0.3 is 5.97 Å². The zero-order valence-electron chi connectivity index (χ0n) is 12.0. The second-order valence-electron chi connectivity index (χ2n) is 5.97. The number of carbonyl (C=O) groups excluding carboxylic acids is 1. The van der Waals surface area contributed by atoms with Crippen LogP contribution in [0.4, 0.5) is 0 Å². The fourth-order valence-electron chi connectivity index (χ4n) is 3.42. The fraction of sp³-hybridized carbons (Fsp3) is 0.588. The van der Waals surface area contributed by atoms with E-state index in [4.69, 9.17) is 4.74 Å². The average Bonchev–Trinajstić information content (AvgIpc) is 2.97. The van der Waals surface area contributed by atoms with Crippen LogP contribution in [0.3, 0.4) is 0 Å². The first-order valence-electron chi connectivity index (χ1n) is 7.83. The van der Waals surface area contributed by atoms with Gasteiger partial charge in [0.25, 0.3) is 0 Å². The van der Waals surface area contributed by atoms with Crippen LogP contribution >= 0.6 is 0 Å². The Morgan fingerprint density at radius 2 is 1.80 bits per heavy atom. The van der Waals surface area contributed by atoms with E-state index in [1.54, 1.807) is 0 Å². The van der Waals surface area contributed by atoms with Crippen molar-refractivity contribution in [2.24, 2.45) is 0 Å². The van der Waals surface area contributed by atoms with Gasteiger partial charge in [0.05, 0.1) is 5.56 Å². The summed E-state index contributed by atoms with van der Waals surface area (Å²) in [5, 5.41) is 0. The number of benzene rings is 1. The van der Waals surface area contributed by atoms with E-state index in [1.807, 2.05) is 30.3 Å². The standard InChI is InChI=1S/C17H23NO2/c19-17(14-7-3-1-4-8-14)20-16-11-12-18(13-16)15-9-5-2-6-10-15/h1,3-4,7-8,15-16H,2,5-6,9-13H2. The fourth-order valence-corrected chi connectivity index (χ4v) is 3.42. The zero-order valence-corrected chi connectivity index (χ0v) is 12.0. The summed E-state index contributed by atoms with van der Waals surface area (Å²) >= 11 is 0. The summed E-state index contributed by atoms with van der Waals surface area (Å²) < 4.78 is 5.64. The van der Waals surface area contributed by atoms with Crippen LogP contribution < -0.4 is 0 Å². The van der Waals surface area contributed by atoms with Crippen molar-refractivity contribution >= 4 is 5.97 Å². The Morgan fingerprint density at radius 3 is 2.55 bits per heavy atom. The van der Waals surface area contributed by atoms with Crippen molar-refractivity contribution in [2.45, 2.75) is 50.7 Å². The van der Waals surface area contributed by atoms with Gasteiger partial charge in [0.1, 0.15) is 6.10 Å². The predicted octanol–water partition coefficient (Wildman–Crippen LogP) is 3.25. The van der Waals surface area contributed by atoms with E-state index in [9.17, 15) is 4.79 Å². The molecule has 3 nitrogen and oxygen atoms in total. The first-order chi connectivity index (χ1) is 9.83. The van der Waals surface area contributed by atoms with Gasteiger partial charge in [-0.1, -0.05) is 37.5 Å². The van der Waals surface area contributed by atoms with E-state index in [0.29, 0.717) is 5.56 Å². The first kappa shape index (κ1) is 13.6. The molecule has 1 saturated heterocycles. The number of nitrogens with zero attached hydrogens (tertiary/aromatic N) is 1. The molecule has 108 valence electrons. The number of hydrogen-bond acceptors (Lipinski definition) is 3. The molecule has 1 aromatic carbocycles. The second kappa shape index (κ2) is 6.40. The largest absolute Gasteiger partial charge is 0.457 e. The highest BCUT2D eigenvalue weighted by Crippen LogP contribution is 2.26. The highest BCUT2D eigenvalue weighted by molar-refractivity contribution is 5.89. The van der Waals surface area contributed by atoms with Crippen LogP contribution in [0.1, 0.15) is 48.9 Å². The minimum Gasteiger partial charge on any atom is -0.457 e. The molecule has 20 heavy (non-hydrogen) atoms. The van der Waals surface area contributed by atoms with Crippen molar-refractivity contribution in [1.82, 2.24) is 4.90 Å². The van der Waals surface area contributed by atoms with Crippen molar-refractivity contribution in [2.75, 3.05) is 13.1 Å². The van der Waals surface area contributed by atoms with E-state index in [0.717, 1.165) is 25.6 Å². The van der Waals surface area contributed by atoms with Crippen LogP contribution in [0.25, 0.3) is 0 Å². The van der Waals surface area contributed by atoms with Gasteiger partial charge in [-0.25, -0.2) is 4.79 Å². The summed E-state index contributed by atoms with van der Waals surface area (Å²) in [5.74, 6) is -0.180. The molecule has 1 saturated carbocycles. The summed E-state index contributed by atoms with van der Waals surface area (Å²) in [5.41, 5.74) is 0.656. The van der Waals surface area contributed by atoms with E-state index in [-0.39, 0.29) is 12.1 Å². The van der Waals surface area contributed by atoms with Crippen LogP contribution in [-0.2, 0) is 4.74 Å². The van der Waals surface area contributed by atoms with Gasteiger partial charge < -0.3 is 4.74 Å². The predicted molar refractivity (Wildman–Crippen MR) is 78.7 cm³/mol. The Labute approximate surface area is 120 Å². The SMILES string of the molecule is O=C(OC1CCN(C2CCCCC2)C1)c1ccccc1. The molecule has 1 atom stereocenters. The molecule has 1 unspecified atom stereocenters. The summed E-state index contributed by atoms with van der Waals surface area (Å²) in [6.07, 6.45) is 7.79. The van der Waals surface area contributed by atoms with Gasteiger partial charge in [-0.2, -0.15) is 0 Å². The van der Waals surface area contributed by atoms with Gasteiger partial charge in [-0.15, -0.1) is 0 Å². The molecule has 1 aliphatic carbocycles. The molecule has 0 bridgehead atoms. The van der Waals surface area contributed by atoms with Gasteiger partial charge in [-0.3, -0.25) is 4.90 Å². The summed E-state index contributed by atoms with van der Waals surface area (Å²) in [6.45, 7) is 2.00. The Balaban J connectivity index is 1.51. The monoisotopic (exact) mass is 273 g/mol. The maximum absolute atomic E-state index is 12.0. The molecule has 1 heterocycles. The van der Waals surface area contributed by atoms with E-state index >= 15 is 0 Å². The molecule has 1 aliphatic heterocycles. The maximum Gasteiger partial charge on any atom is 0.338 e. The lowest BCUT2D eigenvalue weighted by Crippen LogP contribution is -2.36. The maximum atomic E-state index is 12.0. The molecule has 3 heteroatoms. The molecule has 1 aromatic rings. The number of hydrogen-bond donors (Lipinski definition) is 0. The average molecular weight is 273 g/mol. The molecule has 0 spiro atoms. The second-order valence-corrected chi connectivity index (χ2v) is 5.97. The molecule has 2 aliphatic rings. The van der Waals surface area contributed by atoms with Crippen LogP contribution in [-0.4, -0.2) is 36.1 Å². The normalized spacial score (nSPS) is 24.7. The highest BCUT2D eigenvalue weighted by Gasteiger charge is 2.31. The zero-order chi connectivity index (χ0) is 13.8. The number of carbonyl (C=O) groups is 1. The number of likely N-dealkylation sites (tertiary alicyclic amines) is 1. The number of ether oxygens (including phenoxy) is 1.